The Bertz CT molecular complexity index is 402. The van der Waals surface area contributed by atoms with Crippen molar-refractivity contribution in [2.45, 2.75) is 19.8 Å². The van der Waals surface area contributed by atoms with E-state index in [1.165, 1.54) is 5.56 Å². The number of aliphatic hydroxyl groups is 1. The summed E-state index contributed by atoms with van der Waals surface area (Å²) in [6.07, 6.45) is 2.09. The van der Waals surface area contributed by atoms with E-state index in [4.69, 9.17) is 14.6 Å². The second-order valence-electron chi connectivity index (χ2n) is 5.10. The van der Waals surface area contributed by atoms with Gasteiger partial charge in [-0.1, -0.05) is 13.0 Å². The van der Waals surface area contributed by atoms with Crippen LogP contribution in [-0.4, -0.2) is 25.9 Å². The van der Waals surface area contributed by atoms with Crippen LogP contribution in [0.2, 0.25) is 0 Å². The third-order valence-corrected chi connectivity index (χ3v) is 3.81. The first-order valence-electron chi connectivity index (χ1n) is 5.94. The fourth-order valence-corrected chi connectivity index (χ4v) is 2.46. The van der Waals surface area contributed by atoms with Crippen LogP contribution in [0.4, 0.5) is 0 Å². The van der Waals surface area contributed by atoms with Gasteiger partial charge in [-0.3, -0.25) is 0 Å². The number of hydrogen-bond acceptors (Lipinski definition) is 3. The molecule has 2 unspecified atom stereocenters. The predicted octanol–water partition coefficient (Wildman–Crippen LogP) is 2.26. The van der Waals surface area contributed by atoms with Gasteiger partial charge in [-0.2, -0.15) is 0 Å². The van der Waals surface area contributed by atoms with Gasteiger partial charge in [0.2, 0.25) is 0 Å². The highest BCUT2D eigenvalue weighted by molar-refractivity contribution is 5.43. The Morgan fingerprint density at radius 1 is 1.29 bits per heavy atom. The molecule has 0 saturated heterocycles. The second kappa shape index (κ2) is 4.57. The van der Waals surface area contributed by atoms with Crippen molar-refractivity contribution in [3.05, 3.63) is 23.8 Å². The second-order valence-corrected chi connectivity index (χ2v) is 5.10. The summed E-state index contributed by atoms with van der Waals surface area (Å²) in [5.41, 5.74) is 1.50. The molecule has 1 aliphatic carbocycles. The number of ether oxygens (including phenoxy) is 2. The Labute approximate surface area is 102 Å². The number of rotatable bonds is 5. The van der Waals surface area contributed by atoms with Crippen LogP contribution in [-0.2, 0) is 6.42 Å². The van der Waals surface area contributed by atoms with Gasteiger partial charge < -0.3 is 14.6 Å². The highest BCUT2D eigenvalue weighted by atomic mass is 16.5. The number of aliphatic hydroxyl groups excluding tert-OH is 1. The average Bonchev–Trinajstić information content (AvgIpc) is 2.99. The maximum atomic E-state index is 9.16. The van der Waals surface area contributed by atoms with Crippen LogP contribution < -0.4 is 9.47 Å². The van der Waals surface area contributed by atoms with Crippen LogP contribution in [0.25, 0.3) is 0 Å². The van der Waals surface area contributed by atoms with Crippen molar-refractivity contribution in [1.82, 2.24) is 0 Å². The van der Waals surface area contributed by atoms with Gasteiger partial charge in [-0.25, -0.2) is 0 Å². The van der Waals surface area contributed by atoms with E-state index in [2.05, 4.69) is 13.0 Å². The summed E-state index contributed by atoms with van der Waals surface area (Å²) in [7, 11) is 3.29. The molecule has 17 heavy (non-hydrogen) atoms. The minimum Gasteiger partial charge on any atom is -0.493 e. The predicted molar refractivity (Wildman–Crippen MR) is 66.5 cm³/mol. The molecule has 0 spiro atoms. The minimum absolute atomic E-state index is 0.258. The van der Waals surface area contributed by atoms with Gasteiger partial charge in [0.1, 0.15) is 0 Å². The maximum absolute atomic E-state index is 9.16. The Morgan fingerprint density at radius 3 is 2.53 bits per heavy atom. The van der Waals surface area contributed by atoms with Crippen LogP contribution in [0.1, 0.15) is 18.9 Å². The van der Waals surface area contributed by atoms with Crippen LogP contribution >= 0.6 is 0 Å². The van der Waals surface area contributed by atoms with E-state index in [0.29, 0.717) is 12.5 Å². The quantitative estimate of drug-likeness (QED) is 0.852. The lowest BCUT2D eigenvalue weighted by molar-refractivity contribution is 0.253. The zero-order valence-electron chi connectivity index (χ0n) is 10.7. The first-order valence-corrected chi connectivity index (χ1v) is 5.94. The lowest BCUT2D eigenvalue weighted by Gasteiger charge is -2.13. The van der Waals surface area contributed by atoms with E-state index < -0.39 is 0 Å². The summed E-state index contributed by atoms with van der Waals surface area (Å²) in [4.78, 5) is 0. The van der Waals surface area contributed by atoms with Crippen molar-refractivity contribution in [2.24, 2.45) is 11.3 Å². The summed E-state index contributed by atoms with van der Waals surface area (Å²) in [6, 6.07) is 6.03. The number of methoxy groups -OCH3 is 2. The van der Waals surface area contributed by atoms with Gasteiger partial charge in [0.15, 0.2) is 11.5 Å². The Balaban J connectivity index is 2.12. The van der Waals surface area contributed by atoms with E-state index in [1.807, 2.05) is 12.1 Å². The van der Waals surface area contributed by atoms with Gasteiger partial charge in [0, 0.05) is 6.61 Å². The first kappa shape index (κ1) is 12.2. The third-order valence-electron chi connectivity index (χ3n) is 3.81. The highest BCUT2D eigenvalue weighted by Gasteiger charge is 2.48. The molecule has 0 amide bonds. The lowest BCUT2D eigenvalue weighted by atomic mass is 9.96. The third kappa shape index (κ3) is 2.39. The molecule has 1 fully saturated rings. The maximum Gasteiger partial charge on any atom is 0.160 e. The van der Waals surface area contributed by atoms with Gasteiger partial charge in [0.25, 0.3) is 0 Å². The number of benzene rings is 1. The smallest absolute Gasteiger partial charge is 0.160 e. The van der Waals surface area contributed by atoms with E-state index in [-0.39, 0.29) is 5.41 Å². The van der Waals surface area contributed by atoms with Gasteiger partial charge in [0.05, 0.1) is 14.2 Å². The molecular weight excluding hydrogens is 216 g/mol. The van der Waals surface area contributed by atoms with Crippen molar-refractivity contribution in [2.75, 3.05) is 20.8 Å². The summed E-state index contributed by atoms with van der Waals surface area (Å²) < 4.78 is 10.5. The largest absolute Gasteiger partial charge is 0.493 e. The molecule has 0 aliphatic heterocycles. The SMILES string of the molecule is COc1ccc(CC2(C)CC2CO)cc1OC. The molecular formula is C14H20O3. The average molecular weight is 236 g/mol. The molecule has 1 aliphatic rings. The van der Waals surface area contributed by atoms with Crippen molar-refractivity contribution >= 4 is 0 Å². The zero-order chi connectivity index (χ0) is 12.5. The van der Waals surface area contributed by atoms with E-state index in [0.717, 1.165) is 24.3 Å². The minimum atomic E-state index is 0.258. The van der Waals surface area contributed by atoms with Gasteiger partial charge in [-0.15, -0.1) is 0 Å². The summed E-state index contributed by atoms with van der Waals surface area (Å²) in [6.45, 7) is 2.52. The molecule has 3 nitrogen and oxygen atoms in total. The normalized spacial score (nSPS) is 26.7. The molecule has 0 radical (unpaired) electrons. The van der Waals surface area contributed by atoms with Crippen LogP contribution in [0.3, 0.4) is 0 Å². The lowest BCUT2D eigenvalue weighted by Crippen LogP contribution is -2.05. The van der Waals surface area contributed by atoms with Gasteiger partial charge >= 0.3 is 0 Å². The molecule has 0 bridgehead atoms. The molecule has 2 atom stereocenters. The molecule has 0 aromatic heterocycles. The Kier molecular flexibility index (Phi) is 3.29. The fourth-order valence-electron chi connectivity index (χ4n) is 2.46. The standard InChI is InChI=1S/C14H20O3/c1-14(8-11(14)9-15)7-10-4-5-12(16-2)13(6-10)17-3/h4-6,11,15H,7-9H2,1-3H3. The van der Waals surface area contributed by atoms with Crippen molar-refractivity contribution < 1.29 is 14.6 Å². The number of hydrogen-bond donors (Lipinski definition) is 1. The summed E-state index contributed by atoms with van der Waals surface area (Å²) in [5.74, 6) is 1.99. The monoisotopic (exact) mass is 236 g/mol. The molecule has 3 heteroatoms. The van der Waals surface area contributed by atoms with Crippen molar-refractivity contribution in [3.63, 3.8) is 0 Å². The molecule has 1 N–H and O–H groups in total. The topological polar surface area (TPSA) is 38.7 Å². The summed E-state index contributed by atoms with van der Waals surface area (Å²) >= 11 is 0. The van der Waals surface area contributed by atoms with Crippen molar-refractivity contribution in [1.29, 1.82) is 0 Å². The van der Waals surface area contributed by atoms with Crippen LogP contribution in [0.15, 0.2) is 18.2 Å². The van der Waals surface area contributed by atoms with E-state index in [1.54, 1.807) is 14.2 Å². The van der Waals surface area contributed by atoms with Crippen LogP contribution in [0, 0.1) is 11.3 Å². The summed E-state index contributed by atoms with van der Waals surface area (Å²) in [5, 5.41) is 9.16. The van der Waals surface area contributed by atoms with Crippen LogP contribution in [0.5, 0.6) is 11.5 Å². The molecule has 1 aromatic carbocycles. The Morgan fingerprint density at radius 2 is 2.00 bits per heavy atom. The molecule has 2 rings (SSSR count). The Hall–Kier alpha value is -1.22. The molecule has 94 valence electrons. The first-order chi connectivity index (χ1) is 8.12. The fraction of sp³-hybridized carbons (Fsp3) is 0.571. The van der Waals surface area contributed by atoms with Gasteiger partial charge in [-0.05, 0) is 41.9 Å². The highest BCUT2D eigenvalue weighted by Crippen LogP contribution is 2.54. The molecule has 1 saturated carbocycles. The zero-order valence-corrected chi connectivity index (χ0v) is 10.7. The molecule has 1 aromatic rings. The van der Waals surface area contributed by atoms with E-state index >= 15 is 0 Å². The van der Waals surface area contributed by atoms with Crippen molar-refractivity contribution in [3.8, 4) is 11.5 Å². The molecule has 0 heterocycles. The van der Waals surface area contributed by atoms with E-state index in [9.17, 15) is 0 Å².